The first-order chi connectivity index (χ1) is 46.1. The fourth-order valence-electron chi connectivity index (χ4n) is 15.8. The van der Waals surface area contributed by atoms with Gasteiger partial charge in [-0.25, -0.2) is 0 Å². The average Bonchev–Trinajstić information content (AvgIpc) is 1.51. The summed E-state index contributed by atoms with van der Waals surface area (Å²) in [7, 11) is 0. The number of hydrogen-bond donors (Lipinski definition) is 0. The number of nitrogens with zero attached hydrogens (tertiary/aromatic N) is 4. The first kappa shape index (κ1) is 55.4. The van der Waals surface area contributed by atoms with Crippen LogP contribution < -0.4 is 4.90 Å². The molecule has 1 aliphatic heterocycles. The van der Waals surface area contributed by atoms with Crippen molar-refractivity contribution in [2.45, 2.75) is 53.5 Å². The molecule has 0 radical (unpaired) electrons. The van der Waals surface area contributed by atoms with E-state index < -0.39 is 0 Å². The summed E-state index contributed by atoms with van der Waals surface area (Å²) < 4.78 is 7.29. The third kappa shape index (κ3) is 8.81. The van der Waals surface area contributed by atoms with E-state index in [1.807, 2.05) is 0 Å². The molecule has 0 spiro atoms. The number of allylic oxidation sites excluding steroid dienone is 2. The first-order valence-corrected chi connectivity index (χ1v) is 33.0. The number of para-hydroxylation sites is 3. The van der Waals surface area contributed by atoms with Crippen LogP contribution in [0.5, 0.6) is 0 Å². The van der Waals surface area contributed by atoms with Crippen molar-refractivity contribution >= 4 is 76.8 Å². The minimum atomic E-state index is 0.177. The van der Waals surface area contributed by atoms with Crippen molar-refractivity contribution in [3.8, 4) is 72.7 Å². The normalized spacial score (nSPS) is 14.4. The zero-order chi connectivity index (χ0) is 63.0. The second-order valence-corrected chi connectivity index (χ2v) is 26.4. The van der Waals surface area contributed by atoms with E-state index in [0.717, 1.165) is 28.2 Å². The lowest BCUT2D eigenvalue weighted by Crippen LogP contribution is -2.28. The molecule has 94 heavy (non-hydrogen) atoms. The third-order valence-electron chi connectivity index (χ3n) is 20.6. The van der Waals surface area contributed by atoms with E-state index in [2.05, 4.69) is 351 Å². The third-order valence-corrected chi connectivity index (χ3v) is 20.6. The smallest absolute Gasteiger partial charge is 0.0629 e. The molecule has 0 saturated heterocycles. The Bertz CT molecular complexity index is 5660. The highest BCUT2D eigenvalue weighted by Crippen LogP contribution is 2.51. The Morgan fingerprint density at radius 2 is 0.574 bits per heavy atom. The summed E-state index contributed by atoms with van der Waals surface area (Å²) in [6.07, 6.45) is 9.24. The van der Waals surface area contributed by atoms with Crippen molar-refractivity contribution in [2.75, 3.05) is 4.90 Å². The molecule has 1 aliphatic carbocycles. The maximum atomic E-state index is 2.55. The zero-order valence-corrected chi connectivity index (χ0v) is 53.7. The van der Waals surface area contributed by atoms with Gasteiger partial charge in [0.15, 0.2) is 0 Å². The van der Waals surface area contributed by atoms with Crippen LogP contribution in [-0.4, -0.2) is 19.7 Å². The minimum absolute atomic E-state index is 0.177. The van der Waals surface area contributed by atoms with Crippen LogP contribution >= 0.6 is 0 Å². The molecule has 18 rings (SSSR count). The van der Waals surface area contributed by atoms with Crippen LogP contribution in [0.4, 0.5) is 11.4 Å². The zero-order valence-electron chi connectivity index (χ0n) is 53.7. The summed E-state index contributed by atoms with van der Waals surface area (Å²) >= 11 is 0. The Morgan fingerprint density at radius 1 is 0.255 bits per heavy atom. The minimum Gasteiger partial charge on any atom is -0.333 e. The number of hydrogen-bond acceptors (Lipinski definition) is 1. The first-order valence-electron chi connectivity index (χ1n) is 33.0. The highest BCUT2D eigenvalue weighted by Gasteiger charge is 2.38. The molecule has 2 unspecified atom stereocenters. The van der Waals surface area contributed by atoms with Gasteiger partial charge in [-0.2, -0.15) is 0 Å². The molecule has 448 valence electrons. The standard InChI is InChI=1S/C90H68N4/c1-55-23-35-67(36-24-55)91-83-19-11-7-15-71(83)79-47-61(31-43-87(79)91)75-51-65(52-76(59(75)5)62-32-44-88-80(48-62)72-16-8-12-20-84(72)92(88)68-37-25-56(2)26-38-68)66-53-77(63-33-45-89-81(49-63)73-17-9-13-21-85(73)93(89)69-39-27-57(3)28-40-69)60(6)78(54-66)64-34-46-90-82(50-64)74-18-10-14-22-86(74)94(90)70-41-29-58(4)30-42-70/h7-54,71,83H,1-6H3. The van der Waals surface area contributed by atoms with Crippen molar-refractivity contribution in [1.82, 2.24) is 13.7 Å². The van der Waals surface area contributed by atoms with Crippen molar-refractivity contribution in [3.63, 3.8) is 0 Å². The summed E-state index contributed by atoms with van der Waals surface area (Å²) in [6, 6.07) is 101. The quantitative estimate of drug-likeness (QED) is 0.141. The summed E-state index contributed by atoms with van der Waals surface area (Å²) in [6.45, 7) is 13.3. The lowest BCUT2D eigenvalue weighted by atomic mass is 9.84. The average molecular weight is 1210 g/mol. The molecule has 2 atom stereocenters. The summed E-state index contributed by atoms with van der Waals surface area (Å²) in [5.41, 5.74) is 33.8. The van der Waals surface area contributed by atoms with E-state index in [9.17, 15) is 0 Å². The molecule has 0 N–H and O–H groups in total. The van der Waals surface area contributed by atoms with Gasteiger partial charge in [-0.3, -0.25) is 0 Å². The summed E-state index contributed by atoms with van der Waals surface area (Å²) in [5, 5.41) is 7.40. The maximum Gasteiger partial charge on any atom is 0.0629 e. The van der Waals surface area contributed by atoms with Crippen molar-refractivity contribution < 1.29 is 0 Å². The van der Waals surface area contributed by atoms with Gasteiger partial charge in [-0.15, -0.1) is 0 Å². The Kier molecular flexibility index (Phi) is 12.7. The molecule has 2 aliphatic rings. The number of fused-ring (bicyclic) bond motifs is 12. The Morgan fingerprint density at radius 3 is 0.957 bits per heavy atom. The second-order valence-electron chi connectivity index (χ2n) is 26.4. The van der Waals surface area contributed by atoms with Crippen LogP contribution in [0.15, 0.2) is 291 Å². The lowest BCUT2D eigenvalue weighted by Gasteiger charge is -2.28. The van der Waals surface area contributed by atoms with Gasteiger partial charge in [0.05, 0.1) is 39.1 Å². The fourth-order valence-corrected chi connectivity index (χ4v) is 15.8. The monoisotopic (exact) mass is 1200 g/mol. The van der Waals surface area contributed by atoms with Gasteiger partial charge in [0.25, 0.3) is 0 Å². The van der Waals surface area contributed by atoms with Crippen LogP contribution in [0.1, 0.15) is 44.9 Å². The van der Waals surface area contributed by atoms with Gasteiger partial charge in [-0.1, -0.05) is 174 Å². The summed E-state index contributed by atoms with van der Waals surface area (Å²) in [4.78, 5) is 2.55. The van der Waals surface area contributed by atoms with Crippen LogP contribution in [-0.2, 0) is 0 Å². The molecular formula is C90H68N4. The van der Waals surface area contributed by atoms with Crippen LogP contribution in [0.2, 0.25) is 0 Å². The predicted molar refractivity (Wildman–Crippen MR) is 398 cm³/mol. The number of benzene rings is 13. The molecular weight excluding hydrogens is 1140 g/mol. The molecule has 0 amide bonds. The number of aryl methyl sites for hydroxylation is 4. The highest BCUT2D eigenvalue weighted by molar-refractivity contribution is 6.13. The largest absolute Gasteiger partial charge is 0.333 e. The van der Waals surface area contributed by atoms with Crippen molar-refractivity contribution in [2.24, 2.45) is 0 Å². The Labute approximate surface area is 548 Å². The Hall–Kier alpha value is -11.5. The summed E-state index contributed by atoms with van der Waals surface area (Å²) in [5.74, 6) is 0.200. The highest BCUT2D eigenvalue weighted by atomic mass is 15.2. The van der Waals surface area contributed by atoms with E-state index in [-0.39, 0.29) is 12.0 Å². The SMILES string of the molecule is Cc1ccc(N2c3ccc(-c4cc(-c5cc(-c6ccc7c(c6)c6ccccc6n7-c6ccc(C)cc6)c(C)c(-c6ccc7c(c6)c6ccccc6n7-c6ccc(C)cc6)c5)cc(-c5ccc6c(c5)c5ccccc5n6-c5ccc(C)cc5)c4C)cc3C3C=CC=CC32)cc1. The number of aromatic nitrogens is 3. The van der Waals surface area contributed by atoms with Gasteiger partial charge in [0.1, 0.15) is 0 Å². The van der Waals surface area contributed by atoms with Gasteiger partial charge >= 0.3 is 0 Å². The molecule has 0 saturated carbocycles. The second kappa shape index (κ2) is 21.6. The van der Waals surface area contributed by atoms with E-state index in [4.69, 9.17) is 0 Å². The van der Waals surface area contributed by atoms with Gasteiger partial charge in [0, 0.05) is 66.7 Å². The predicted octanol–water partition coefficient (Wildman–Crippen LogP) is 23.9. The van der Waals surface area contributed by atoms with Crippen LogP contribution in [0.25, 0.3) is 138 Å². The Balaban J connectivity index is 0.886. The molecule has 16 aromatic rings. The maximum absolute atomic E-state index is 2.55. The van der Waals surface area contributed by atoms with Gasteiger partial charge in [-0.05, 0) is 253 Å². The topological polar surface area (TPSA) is 18.0 Å². The molecule has 4 nitrogen and oxygen atoms in total. The van der Waals surface area contributed by atoms with E-state index in [0.29, 0.717) is 0 Å². The number of rotatable bonds is 9. The molecule has 13 aromatic carbocycles. The molecule has 4 heteroatoms. The fraction of sp³-hybridized carbons (Fsp3) is 0.0889. The van der Waals surface area contributed by atoms with E-state index in [1.54, 1.807) is 0 Å². The molecule has 0 bridgehead atoms. The van der Waals surface area contributed by atoms with E-state index in [1.165, 1.54) is 160 Å². The van der Waals surface area contributed by atoms with Crippen LogP contribution in [0.3, 0.4) is 0 Å². The van der Waals surface area contributed by atoms with Crippen molar-refractivity contribution in [1.29, 1.82) is 0 Å². The van der Waals surface area contributed by atoms with Gasteiger partial charge in [0.2, 0.25) is 0 Å². The lowest BCUT2D eigenvalue weighted by molar-refractivity contribution is 0.745. The number of anilines is 2. The van der Waals surface area contributed by atoms with Gasteiger partial charge < -0.3 is 18.6 Å². The van der Waals surface area contributed by atoms with E-state index >= 15 is 0 Å². The molecule has 3 aromatic heterocycles. The van der Waals surface area contributed by atoms with Crippen LogP contribution in [0, 0.1) is 41.5 Å². The molecule has 0 fully saturated rings. The molecule has 4 heterocycles. The van der Waals surface area contributed by atoms with Crippen molar-refractivity contribution in [3.05, 3.63) is 330 Å².